The third kappa shape index (κ3) is 9.21. The van der Waals surface area contributed by atoms with Gasteiger partial charge >= 0.3 is 11.9 Å². The number of ketones is 2. The molecule has 0 amide bonds. The summed E-state index contributed by atoms with van der Waals surface area (Å²) in [7, 11) is 4.97. The lowest BCUT2D eigenvalue weighted by molar-refractivity contribution is -0.295. The van der Waals surface area contributed by atoms with E-state index < -0.39 is 101 Å². The molecule has 15 atom stereocenters. The van der Waals surface area contributed by atoms with Gasteiger partial charge in [0.2, 0.25) is 0 Å². The maximum atomic E-state index is 17.0. The molecule has 2 aromatic rings. The van der Waals surface area contributed by atoms with Gasteiger partial charge in [-0.15, -0.1) is 0 Å². The number of hydrogen-bond donors (Lipinski definition) is 2. The molecule has 61 heavy (non-hydrogen) atoms. The molecule has 3 saturated heterocycles. The highest BCUT2D eigenvalue weighted by molar-refractivity contribution is 6.08. The lowest BCUT2D eigenvalue weighted by Crippen LogP contribution is -2.61. The van der Waals surface area contributed by atoms with Crippen molar-refractivity contribution in [3.8, 4) is 11.3 Å². The Labute approximate surface area is 355 Å². The Kier molecular flexibility index (Phi) is 14.4. The van der Waals surface area contributed by atoms with Crippen LogP contribution in [0, 0.1) is 29.6 Å². The lowest BCUT2D eigenvalue weighted by Gasteiger charge is -2.47. The van der Waals surface area contributed by atoms with E-state index in [2.05, 4.69) is 20.3 Å². The minimum absolute atomic E-state index is 0.0201. The Morgan fingerprint density at radius 2 is 1.82 bits per heavy atom. The van der Waals surface area contributed by atoms with Crippen LogP contribution in [-0.4, -0.2) is 129 Å². The summed E-state index contributed by atoms with van der Waals surface area (Å²) in [6.45, 7) is 13.6. The molecule has 3 aliphatic rings. The van der Waals surface area contributed by atoms with E-state index in [4.69, 9.17) is 38.8 Å². The van der Waals surface area contributed by atoms with Gasteiger partial charge in [-0.1, -0.05) is 38.0 Å². The molecular weight excluding hydrogens is 799 g/mol. The number of nitrogens with two attached hydrogens (primary N) is 1. The Balaban J connectivity index is 1.56. The summed E-state index contributed by atoms with van der Waals surface area (Å²) in [4.78, 5) is 73.1. The van der Waals surface area contributed by atoms with E-state index in [1.54, 1.807) is 54.8 Å². The number of fused-ring (bicyclic) bond motifs is 1. The van der Waals surface area contributed by atoms with Crippen molar-refractivity contribution in [2.75, 3.05) is 21.2 Å². The van der Waals surface area contributed by atoms with E-state index in [-0.39, 0.29) is 30.6 Å². The van der Waals surface area contributed by atoms with Crippen LogP contribution in [0.4, 0.5) is 4.39 Å². The molecule has 5 rings (SSSR count). The monoisotopic (exact) mass is 860 g/mol. The number of Topliss-reactive ketones (excluding diaryl/α,β-unsaturated/α-hetero) is 2. The fraction of sp³-hybridized carbons (Fsp3) is 0.714. The maximum Gasteiger partial charge on any atom is 0.351 e. The van der Waals surface area contributed by atoms with E-state index in [0.29, 0.717) is 23.4 Å². The van der Waals surface area contributed by atoms with Crippen molar-refractivity contribution in [2.45, 2.75) is 141 Å². The van der Waals surface area contributed by atoms with Gasteiger partial charge in [0.25, 0.3) is 5.67 Å². The third-order valence-corrected chi connectivity index (χ3v) is 12.9. The number of carbonyl (C=O) groups excluding carboxylic acids is 4. The summed E-state index contributed by atoms with van der Waals surface area (Å²) in [6.07, 6.45) is -1.86. The van der Waals surface area contributed by atoms with Crippen LogP contribution in [0.2, 0.25) is 0 Å². The second-order valence-electron chi connectivity index (χ2n) is 17.5. The Morgan fingerprint density at radius 1 is 1.13 bits per heavy atom. The molecule has 0 bridgehead atoms. The molecule has 338 valence electrons. The predicted octanol–water partition coefficient (Wildman–Crippen LogP) is 3.75. The van der Waals surface area contributed by atoms with Crippen molar-refractivity contribution < 1.29 is 61.7 Å². The van der Waals surface area contributed by atoms with E-state index in [9.17, 15) is 24.3 Å². The number of methoxy groups -OCH3 is 1. The SMILES string of the molecule is CC[C@@H]1OC(=O)[C@@](C)(F)C(=O)[C@H](C)[C@@H](OC2O[C@H](C)C[C@H](N(C)C)[C@H]2O)[C@](C)(OC)C[C@@H](C)C(=O)[C@H](C)[C@H]2[C@H](/C(N)=N/O[C@H](C)c3ncncc3-c3ccon3)C(=O)O[C@@]21C. The topological polar surface area (TPSA) is 237 Å². The number of carbonyl (C=O) groups is 4. The predicted molar refractivity (Wildman–Crippen MR) is 215 cm³/mol. The smallest absolute Gasteiger partial charge is 0.351 e. The number of cyclic esters (lactones) is 1. The van der Waals surface area contributed by atoms with Gasteiger partial charge in [-0.05, 0) is 68.0 Å². The molecule has 2 aromatic heterocycles. The molecule has 0 aromatic carbocycles. The number of nitrogens with zero attached hydrogens (tertiary/aromatic N) is 5. The van der Waals surface area contributed by atoms with Crippen LogP contribution in [0.5, 0.6) is 0 Å². The number of amidine groups is 1. The number of ether oxygens (including phenoxy) is 5. The van der Waals surface area contributed by atoms with Crippen LogP contribution in [0.25, 0.3) is 11.3 Å². The first kappa shape index (κ1) is 47.6. The van der Waals surface area contributed by atoms with Gasteiger partial charge in [-0.2, -0.15) is 0 Å². The lowest BCUT2D eigenvalue weighted by atomic mass is 9.67. The van der Waals surface area contributed by atoms with Gasteiger partial charge in [-0.25, -0.2) is 19.2 Å². The quantitative estimate of drug-likeness (QED) is 0.114. The van der Waals surface area contributed by atoms with Gasteiger partial charge in [-0.3, -0.25) is 14.4 Å². The molecule has 3 fully saturated rings. The standard InChI is InChI=1S/C42H61FN6O12/c1-13-28-42(9)30(29(37(53)60-42)36(44)48-61-24(6)31-25(18-45-19-46-31)26-14-15-56-47-26)22(4)32(50)20(2)17-40(7,55-12)35(23(5)34(52)41(8,43)39(54)58-28)59-38-33(51)27(49(10)11)16-21(3)57-38/h14-15,18-24,27-30,33,35,38,51H,13,16-17H2,1-12H3,(H2,44,48)/t20-,21-,22-,23+,24-,27+,28+,29-,30+,33-,35-,38?,40-,41+,42-/m1/s1. The molecule has 1 unspecified atom stereocenters. The van der Waals surface area contributed by atoms with Crippen LogP contribution in [0.1, 0.15) is 93.4 Å². The fourth-order valence-electron chi connectivity index (χ4n) is 9.41. The number of halogens is 1. The van der Waals surface area contributed by atoms with Crippen molar-refractivity contribution in [2.24, 2.45) is 40.5 Å². The van der Waals surface area contributed by atoms with Crippen molar-refractivity contribution in [1.82, 2.24) is 20.0 Å². The summed E-state index contributed by atoms with van der Waals surface area (Å²) >= 11 is 0. The maximum absolute atomic E-state index is 17.0. The van der Waals surface area contributed by atoms with Crippen LogP contribution in [-0.2, 0) is 47.7 Å². The number of likely N-dealkylation sites (N-methyl/N-ethyl adjacent to an activating group) is 1. The van der Waals surface area contributed by atoms with E-state index in [1.165, 1.54) is 39.7 Å². The summed E-state index contributed by atoms with van der Waals surface area (Å²) in [6, 6.07) is 1.22. The van der Waals surface area contributed by atoms with Crippen molar-refractivity contribution in [3.05, 3.63) is 30.5 Å². The highest BCUT2D eigenvalue weighted by Crippen LogP contribution is 2.48. The minimum atomic E-state index is -3.25. The molecule has 5 heterocycles. The molecular formula is C42H61FN6O12. The van der Waals surface area contributed by atoms with Gasteiger partial charge in [0.05, 0.1) is 23.5 Å². The molecule has 0 saturated carbocycles. The summed E-state index contributed by atoms with van der Waals surface area (Å²) in [5, 5.41) is 19.5. The number of hydrogen-bond acceptors (Lipinski definition) is 17. The molecule has 3 aliphatic heterocycles. The summed E-state index contributed by atoms with van der Waals surface area (Å²) < 4.78 is 52.4. The van der Waals surface area contributed by atoms with Crippen LogP contribution in [0.3, 0.4) is 0 Å². The van der Waals surface area contributed by atoms with Gasteiger partial charge in [0.1, 0.15) is 42.2 Å². The average molecular weight is 861 g/mol. The zero-order valence-electron chi connectivity index (χ0n) is 37.0. The number of aliphatic hydroxyl groups is 1. The Hall–Kier alpha value is -4.43. The third-order valence-electron chi connectivity index (χ3n) is 12.9. The second kappa shape index (κ2) is 18.5. The number of aromatic nitrogens is 3. The molecule has 0 radical (unpaired) electrons. The first-order valence-electron chi connectivity index (χ1n) is 20.6. The van der Waals surface area contributed by atoms with Crippen LogP contribution >= 0.6 is 0 Å². The average Bonchev–Trinajstić information content (AvgIpc) is 3.86. The first-order valence-corrected chi connectivity index (χ1v) is 20.6. The largest absolute Gasteiger partial charge is 0.455 e. The Morgan fingerprint density at radius 3 is 2.43 bits per heavy atom. The van der Waals surface area contributed by atoms with Gasteiger partial charge in [0, 0.05) is 54.6 Å². The number of oxime groups is 1. The van der Waals surface area contributed by atoms with E-state index >= 15 is 4.39 Å². The van der Waals surface area contributed by atoms with Crippen molar-refractivity contribution in [3.63, 3.8) is 0 Å². The molecule has 0 spiro atoms. The second-order valence-corrected chi connectivity index (χ2v) is 17.5. The number of rotatable bonds is 10. The first-order chi connectivity index (χ1) is 28.5. The molecule has 3 N–H and O–H groups in total. The molecule has 0 aliphatic carbocycles. The van der Waals surface area contributed by atoms with Crippen LogP contribution < -0.4 is 5.73 Å². The molecule has 18 nitrogen and oxygen atoms in total. The van der Waals surface area contributed by atoms with Gasteiger partial charge in [0.15, 0.2) is 29.6 Å². The minimum Gasteiger partial charge on any atom is -0.455 e. The van der Waals surface area contributed by atoms with Crippen LogP contribution in [0.15, 0.2) is 34.5 Å². The van der Waals surface area contributed by atoms with E-state index in [1.807, 2.05) is 11.8 Å². The van der Waals surface area contributed by atoms with Crippen molar-refractivity contribution in [1.29, 1.82) is 0 Å². The highest BCUT2D eigenvalue weighted by atomic mass is 19.1. The number of alkyl halides is 1. The highest BCUT2D eigenvalue weighted by Gasteiger charge is 2.63. The van der Waals surface area contributed by atoms with Crippen molar-refractivity contribution >= 4 is 29.3 Å². The fourth-order valence-corrected chi connectivity index (χ4v) is 9.41. The summed E-state index contributed by atoms with van der Waals surface area (Å²) in [5.41, 5.74) is 1.33. The van der Waals surface area contributed by atoms with E-state index in [0.717, 1.165) is 6.92 Å². The normalized spacial score (nSPS) is 38.7. The molecule has 19 heteroatoms. The zero-order chi connectivity index (χ0) is 45.4. The number of esters is 2. The summed E-state index contributed by atoms with van der Waals surface area (Å²) in [5.74, 6) is -10.2. The number of aliphatic hydroxyl groups excluding tert-OH is 1. The Bertz CT molecular complexity index is 1930. The zero-order valence-corrected chi connectivity index (χ0v) is 37.0. The van der Waals surface area contributed by atoms with Gasteiger partial charge < -0.3 is 48.8 Å².